The molecular weight excluding hydrogens is 218 g/mol. The molecule has 2 rings (SSSR count). The van der Waals surface area contributed by atoms with Gasteiger partial charge in [0.1, 0.15) is 6.61 Å². The molecule has 1 aromatic rings. The van der Waals surface area contributed by atoms with Crippen molar-refractivity contribution in [3.63, 3.8) is 0 Å². The van der Waals surface area contributed by atoms with Gasteiger partial charge in [-0.15, -0.1) is 0 Å². The number of ether oxygens (including phenoxy) is 2. The first kappa shape index (κ1) is 11.9. The second-order valence-electron chi connectivity index (χ2n) is 4.21. The Morgan fingerprint density at radius 1 is 1.35 bits per heavy atom. The second-order valence-corrected chi connectivity index (χ2v) is 4.21. The Balaban J connectivity index is 1.82. The molecule has 1 heterocycles. The van der Waals surface area contributed by atoms with Crippen molar-refractivity contribution in [2.75, 3.05) is 18.9 Å². The van der Waals surface area contributed by atoms with Gasteiger partial charge < -0.3 is 15.2 Å². The van der Waals surface area contributed by atoms with E-state index in [0.717, 1.165) is 25.9 Å². The Labute approximate surface area is 101 Å². The molecule has 0 bridgehead atoms. The number of anilines is 1. The van der Waals surface area contributed by atoms with Crippen LogP contribution >= 0.6 is 0 Å². The van der Waals surface area contributed by atoms with Crippen LogP contribution in [0.1, 0.15) is 29.6 Å². The van der Waals surface area contributed by atoms with Gasteiger partial charge in [-0.25, -0.2) is 4.79 Å². The maximum atomic E-state index is 11.7. The van der Waals surface area contributed by atoms with Crippen LogP contribution in [0.3, 0.4) is 0 Å². The lowest BCUT2D eigenvalue weighted by Gasteiger charge is -2.22. The summed E-state index contributed by atoms with van der Waals surface area (Å²) >= 11 is 0. The summed E-state index contributed by atoms with van der Waals surface area (Å²) in [7, 11) is 0. The number of hydrogen-bond acceptors (Lipinski definition) is 4. The predicted octanol–water partition coefficient (Wildman–Crippen LogP) is 1.99. The van der Waals surface area contributed by atoms with E-state index in [1.54, 1.807) is 24.3 Å². The molecule has 0 spiro atoms. The minimum Gasteiger partial charge on any atom is -0.459 e. The smallest absolute Gasteiger partial charge is 0.338 e. The fourth-order valence-corrected chi connectivity index (χ4v) is 1.81. The molecule has 1 aliphatic rings. The van der Waals surface area contributed by atoms with Crippen molar-refractivity contribution in [2.24, 2.45) is 0 Å². The first-order valence-corrected chi connectivity index (χ1v) is 5.90. The molecule has 92 valence electrons. The number of carbonyl (C=O) groups is 1. The fourth-order valence-electron chi connectivity index (χ4n) is 1.81. The van der Waals surface area contributed by atoms with E-state index in [1.807, 2.05) is 0 Å². The first-order valence-electron chi connectivity index (χ1n) is 5.90. The van der Waals surface area contributed by atoms with Gasteiger partial charge in [0, 0.05) is 12.3 Å². The molecular formula is C13H17NO3. The van der Waals surface area contributed by atoms with Crippen molar-refractivity contribution >= 4 is 11.7 Å². The van der Waals surface area contributed by atoms with E-state index in [-0.39, 0.29) is 12.1 Å². The average Bonchev–Trinajstić information content (AvgIpc) is 2.38. The summed E-state index contributed by atoms with van der Waals surface area (Å²) in [6.45, 7) is 1.10. The van der Waals surface area contributed by atoms with Crippen LogP contribution in [-0.2, 0) is 9.47 Å². The van der Waals surface area contributed by atoms with E-state index in [1.165, 1.54) is 0 Å². The molecule has 17 heavy (non-hydrogen) atoms. The summed E-state index contributed by atoms with van der Waals surface area (Å²) in [6, 6.07) is 6.71. The molecule has 1 atom stereocenters. The number of esters is 1. The van der Waals surface area contributed by atoms with E-state index >= 15 is 0 Å². The number of carbonyl (C=O) groups excluding carboxylic acids is 1. The Kier molecular flexibility index (Phi) is 3.98. The van der Waals surface area contributed by atoms with Crippen LogP contribution in [0.25, 0.3) is 0 Å². The highest BCUT2D eigenvalue weighted by Crippen LogP contribution is 2.14. The van der Waals surface area contributed by atoms with Crippen molar-refractivity contribution in [3.05, 3.63) is 29.8 Å². The highest BCUT2D eigenvalue weighted by atomic mass is 16.6. The maximum absolute atomic E-state index is 11.7. The van der Waals surface area contributed by atoms with Gasteiger partial charge in [-0.1, -0.05) is 0 Å². The molecule has 2 N–H and O–H groups in total. The number of hydrogen-bond donors (Lipinski definition) is 1. The van der Waals surface area contributed by atoms with Crippen LogP contribution in [0.4, 0.5) is 5.69 Å². The van der Waals surface area contributed by atoms with Crippen LogP contribution < -0.4 is 5.73 Å². The lowest BCUT2D eigenvalue weighted by Crippen LogP contribution is -2.25. The number of nitrogen functional groups attached to an aromatic ring is 1. The predicted molar refractivity (Wildman–Crippen MR) is 64.7 cm³/mol. The van der Waals surface area contributed by atoms with Crippen LogP contribution in [0, 0.1) is 0 Å². The minimum atomic E-state index is -0.320. The van der Waals surface area contributed by atoms with Gasteiger partial charge >= 0.3 is 5.97 Å². The first-order chi connectivity index (χ1) is 8.25. The highest BCUT2D eigenvalue weighted by molar-refractivity contribution is 5.89. The van der Waals surface area contributed by atoms with Gasteiger partial charge in [-0.05, 0) is 43.5 Å². The normalized spacial score (nSPS) is 19.9. The molecule has 1 fully saturated rings. The van der Waals surface area contributed by atoms with E-state index in [4.69, 9.17) is 15.2 Å². The summed E-state index contributed by atoms with van der Waals surface area (Å²) in [5, 5.41) is 0. The molecule has 1 unspecified atom stereocenters. The van der Waals surface area contributed by atoms with Crippen molar-refractivity contribution in [3.8, 4) is 0 Å². The summed E-state index contributed by atoms with van der Waals surface area (Å²) in [5.41, 5.74) is 6.70. The van der Waals surface area contributed by atoms with Gasteiger partial charge in [0.05, 0.1) is 11.7 Å². The quantitative estimate of drug-likeness (QED) is 0.643. The summed E-state index contributed by atoms with van der Waals surface area (Å²) in [4.78, 5) is 11.7. The van der Waals surface area contributed by atoms with Gasteiger partial charge in [0.15, 0.2) is 0 Å². The molecule has 4 heteroatoms. The summed E-state index contributed by atoms with van der Waals surface area (Å²) < 4.78 is 10.7. The Morgan fingerprint density at radius 2 is 2.12 bits per heavy atom. The lowest BCUT2D eigenvalue weighted by molar-refractivity contribution is -0.0300. The molecule has 1 saturated heterocycles. The van der Waals surface area contributed by atoms with Crippen molar-refractivity contribution in [2.45, 2.75) is 25.4 Å². The van der Waals surface area contributed by atoms with E-state index in [2.05, 4.69) is 0 Å². The van der Waals surface area contributed by atoms with Crippen molar-refractivity contribution in [1.82, 2.24) is 0 Å². The van der Waals surface area contributed by atoms with Gasteiger partial charge in [0.25, 0.3) is 0 Å². The SMILES string of the molecule is Nc1ccc(C(=O)OCC2CCCCO2)cc1. The molecule has 0 radical (unpaired) electrons. The zero-order valence-electron chi connectivity index (χ0n) is 9.72. The second kappa shape index (κ2) is 5.68. The Morgan fingerprint density at radius 3 is 2.76 bits per heavy atom. The molecule has 1 aliphatic heterocycles. The minimum absolute atomic E-state index is 0.0569. The Hall–Kier alpha value is -1.55. The standard InChI is InChI=1S/C13H17NO3/c14-11-6-4-10(5-7-11)13(15)17-9-12-3-1-2-8-16-12/h4-7,12H,1-3,8-9,14H2. The maximum Gasteiger partial charge on any atom is 0.338 e. The topological polar surface area (TPSA) is 61.6 Å². The number of benzene rings is 1. The van der Waals surface area contributed by atoms with Crippen molar-refractivity contribution < 1.29 is 14.3 Å². The highest BCUT2D eigenvalue weighted by Gasteiger charge is 2.16. The molecule has 0 aromatic heterocycles. The molecule has 4 nitrogen and oxygen atoms in total. The third-order valence-electron chi connectivity index (χ3n) is 2.82. The summed E-state index contributed by atoms with van der Waals surface area (Å²) in [6.07, 6.45) is 3.27. The van der Waals surface area contributed by atoms with Gasteiger partial charge in [0.2, 0.25) is 0 Å². The zero-order chi connectivity index (χ0) is 12.1. The van der Waals surface area contributed by atoms with Crippen LogP contribution in [0.5, 0.6) is 0 Å². The molecule has 0 saturated carbocycles. The average molecular weight is 235 g/mol. The number of nitrogens with two attached hydrogens (primary N) is 1. The van der Waals surface area contributed by atoms with E-state index in [0.29, 0.717) is 17.9 Å². The molecule has 0 amide bonds. The lowest BCUT2D eigenvalue weighted by atomic mass is 10.1. The van der Waals surface area contributed by atoms with Crippen LogP contribution in [0.15, 0.2) is 24.3 Å². The largest absolute Gasteiger partial charge is 0.459 e. The summed E-state index contributed by atoms with van der Waals surface area (Å²) in [5.74, 6) is -0.320. The van der Waals surface area contributed by atoms with Crippen molar-refractivity contribution in [1.29, 1.82) is 0 Å². The monoisotopic (exact) mass is 235 g/mol. The van der Waals surface area contributed by atoms with E-state index in [9.17, 15) is 4.79 Å². The zero-order valence-corrected chi connectivity index (χ0v) is 9.72. The fraction of sp³-hybridized carbons (Fsp3) is 0.462. The number of rotatable bonds is 3. The van der Waals surface area contributed by atoms with E-state index < -0.39 is 0 Å². The molecule has 1 aromatic carbocycles. The third kappa shape index (κ3) is 3.46. The van der Waals surface area contributed by atoms with Crippen LogP contribution in [0.2, 0.25) is 0 Å². The van der Waals surface area contributed by atoms with Gasteiger partial charge in [-0.3, -0.25) is 0 Å². The van der Waals surface area contributed by atoms with Gasteiger partial charge in [-0.2, -0.15) is 0 Å². The third-order valence-corrected chi connectivity index (χ3v) is 2.82. The van der Waals surface area contributed by atoms with Crippen LogP contribution in [-0.4, -0.2) is 25.3 Å². The Bertz CT molecular complexity index is 369. The molecule has 0 aliphatic carbocycles.